The summed E-state index contributed by atoms with van der Waals surface area (Å²) in [6.45, 7) is 0.152. The first-order valence-corrected chi connectivity index (χ1v) is 6.90. The van der Waals surface area contributed by atoms with Gasteiger partial charge in [-0.25, -0.2) is 0 Å². The lowest BCUT2D eigenvalue weighted by Gasteiger charge is -2.21. The number of benzene rings is 1. The fourth-order valence-corrected chi connectivity index (χ4v) is 3.11. The molecule has 1 amide bonds. The number of carboxylic acid groups (broad SMARTS) is 1. The van der Waals surface area contributed by atoms with Gasteiger partial charge in [0, 0.05) is 11.8 Å². The number of hydrogen-bond donors (Lipinski definition) is 2. The van der Waals surface area contributed by atoms with Crippen molar-refractivity contribution in [3.05, 3.63) is 30.4 Å². The lowest BCUT2D eigenvalue weighted by molar-refractivity contribution is -0.145. The third-order valence-corrected chi connectivity index (χ3v) is 4.13. The van der Waals surface area contributed by atoms with Gasteiger partial charge in [-0.1, -0.05) is 12.2 Å². The molecule has 2 N–H and O–H groups in total. The number of nitrogens with one attached hydrogen (secondary N) is 1. The van der Waals surface area contributed by atoms with Gasteiger partial charge in [-0.3, -0.25) is 9.59 Å². The van der Waals surface area contributed by atoms with E-state index in [4.69, 9.17) is 14.2 Å². The van der Waals surface area contributed by atoms with Crippen molar-refractivity contribution in [3.63, 3.8) is 0 Å². The first-order valence-electron chi connectivity index (χ1n) is 6.90. The Bertz CT molecular complexity index is 685. The minimum absolute atomic E-state index is 0.152. The topological polar surface area (TPSA) is 94.1 Å². The fourth-order valence-electron chi connectivity index (χ4n) is 3.11. The summed E-state index contributed by atoms with van der Waals surface area (Å²) in [6.07, 6.45) is 2.43. The molecule has 0 unspecified atom stereocenters. The molecule has 7 nitrogen and oxygen atoms in total. The number of hydrogen-bond acceptors (Lipinski definition) is 5. The van der Waals surface area contributed by atoms with E-state index in [1.54, 1.807) is 30.4 Å². The van der Waals surface area contributed by atoms with Crippen molar-refractivity contribution in [1.29, 1.82) is 0 Å². The van der Waals surface area contributed by atoms with Crippen molar-refractivity contribution >= 4 is 17.6 Å². The maximum Gasteiger partial charge on any atom is 0.310 e. The van der Waals surface area contributed by atoms with Gasteiger partial charge in [0.15, 0.2) is 11.5 Å². The summed E-state index contributed by atoms with van der Waals surface area (Å²) < 4.78 is 16.0. The molecule has 1 saturated heterocycles. The molecule has 3 aliphatic rings. The second-order valence-corrected chi connectivity index (χ2v) is 5.40. The minimum Gasteiger partial charge on any atom is -0.481 e. The van der Waals surface area contributed by atoms with Gasteiger partial charge < -0.3 is 24.6 Å². The average molecular weight is 303 g/mol. The van der Waals surface area contributed by atoms with E-state index in [1.165, 1.54) is 0 Å². The van der Waals surface area contributed by atoms with E-state index in [2.05, 4.69) is 5.32 Å². The highest BCUT2D eigenvalue weighted by Gasteiger charge is 2.53. The number of amides is 1. The Morgan fingerprint density at radius 3 is 2.59 bits per heavy atom. The van der Waals surface area contributed by atoms with Crippen molar-refractivity contribution in [2.45, 2.75) is 12.2 Å². The largest absolute Gasteiger partial charge is 0.481 e. The van der Waals surface area contributed by atoms with Crippen molar-refractivity contribution in [2.75, 3.05) is 12.1 Å². The van der Waals surface area contributed by atoms with Crippen LogP contribution in [0.5, 0.6) is 11.5 Å². The summed E-state index contributed by atoms with van der Waals surface area (Å²) in [4.78, 5) is 23.8. The second-order valence-electron chi connectivity index (χ2n) is 5.40. The van der Waals surface area contributed by atoms with Crippen molar-refractivity contribution in [1.82, 2.24) is 0 Å². The molecule has 22 heavy (non-hydrogen) atoms. The first kappa shape index (κ1) is 13.1. The number of carbonyl (C=O) groups excluding carboxylic acids is 1. The standard InChI is InChI=1S/C15H13NO6/c17-14(12-9-3-4-10(22-9)13(12)15(18)19)16-7-1-2-8-11(5-7)21-6-20-8/h1-5,9-10,12-13H,6H2,(H,16,17)(H,18,19)/t9-,10+,12+,13+/m1/s1. The Balaban J connectivity index is 1.55. The molecule has 0 aromatic heterocycles. The van der Waals surface area contributed by atoms with Crippen molar-refractivity contribution in [2.24, 2.45) is 11.8 Å². The predicted octanol–water partition coefficient (Wildman–Crippen LogP) is 1.01. The first-order chi connectivity index (χ1) is 10.6. The van der Waals surface area contributed by atoms with Gasteiger partial charge in [0.1, 0.15) is 5.92 Å². The Kier molecular flexibility index (Phi) is 2.83. The van der Waals surface area contributed by atoms with E-state index in [0.29, 0.717) is 17.2 Å². The molecule has 1 aromatic carbocycles. The van der Waals surface area contributed by atoms with Crippen LogP contribution in [0.15, 0.2) is 30.4 Å². The monoisotopic (exact) mass is 303 g/mol. The van der Waals surface area contributed by atoms with Crippen molar-refractivity contribution in [3.8, 4) is 11.5 Å². The Labute approximate surface area is 125 Å². The van der Waals surface area contributed by atoms with Crippen LogP contribution in [0.1, 0.15) is 0 Å². The molecule has 4 rings (SSSR count). The van der Waals surface area contributed by atoms with Crippen LogP contribution in [0.4, 0.5) is 5.69 Å². The molecule has 3 heterocycles. The summed E-state index contributed by atoms with van der Waals surface area (Å²) in [5, 5.41) is 12.0. The summed E-state index contributed by atoms with van der Waals surface area (Å²) >= 11 is 0. The highest BCUT2D eigenvalue weighted by Crippen LogP contribution is 2.40. The van der Waals surface area contributed by atoms with E-state index in [-0.39, 0.29) is 12.7 Å². The van der Waals surface area contributed by atoms with Crippen LogP contribution in [-0.2, 0) is 14.3 Å². The zero-order valence-corrected chi connectivity index (χ0v) is 11.4. The van der Waals surface area contributed by atoms with Gasteiger partial charge in [-0.2, -0.15) is 0 Å². The summed E-state index contributed by atoms with van der Waals surface area (Å²) in [5.74, 6) is -1.82. The number of anilines is 1. The number of carbonyl (C=O) groups is 2. The van der Waals surface area contributed by atoms with Gasteiger partial charge >= 0.3 is 5.97 Å². The molecule has 0 saturated carbocycles. The molecule has 7 heteroatoms. The molecule has 2 bridgehead atoms. The van der Waals surface area contributed by atoms with Gasteiger partial charge in [-0.15, -0.1) is 0 Å². The molecular weight excluding hydrogens is 290 g/mol. The van der Waals surface area contributed by atoms with Crippen LogP contribution in [0, 0.1) is 11.8 Å². The minimum atomic E-state index is -1.03. The summed E-state index contributed by atoms with van der Waals surface area (Å²) in [7, 11) is 0. The van der Waals surface area contributed by atoms with Crippen LogP contribution in [0.2, 0.25) is 0 Å². The molecule has 4 atom stereocenters. The van der Waals surface area contributed by atoms with Crippen LogP contribution < -0.4 is 14.8 Å². The van der Waals surface area contributed by atoms with Gasteiger partial charge in [0.25, 0.3) is 0 Å². The highest BCUT2D eigenvalue weighted by atomic mass is 16.7. The smallest absolute Gasteiger partial charge is 0.310 e. The lowest BCUT2D eigenvalue weighted by atomic mass is 9.82. The average Bonchev–Trinajstić information content (AvgIpc) is 3.20. The van der Waals surface area contributed by atoms with Crippen LogP contribution in [0.25, 0.3) is 0 Å². The Hall–Kier alpha value is -2.54. The maximum absolute atomic E-state index is 12.5. The summed E-state index contributed by atoms with van der Waals surface area (Å²) in [5.41, 5.74) is 0.533. The van der Waals surface area contributed by atoms with E-state index >= 15 is 0 Å². The third-order valence-electron chi connectivity index (χ3n) is 4.13. The fraction of sp³-hybridized carbons (Fsp3) is 0.333. The molecule has 0 radical (unpaired) electrons. The number of carboxylic acids is 1. The number of rotatable bonds is 3. The Morgan fingerprint density at radius 1 is 1.09 bits per heavy atom. The van der Waals surface area contributed by atoms with Gasteiger partial charge in [0.05, 0.1) is 18.1 Å². The zero-order chi connectivity index (χ0) is 15.3. The van der Waals surface area contributed by atoms with E-state index < -0.39 is 30.0 Å². The predicted molar refractivity (Wildman–Crippen MR) is 73.6 cm³/mol. The van der Waals surface area contributed by atoms with E-state index in [1.807, 2.05) is 0 Å². The summed E-state index contributed by atoms with van der Waals surface area (Å²) in [6, 6.07) is 5.04. The van der Waals surface area contributed by atoms with Gasteiger partial charge in [0.2, 0.25) is 12.7 Å². The van der Waals surface area contributed by atoms with Crippen LogP contribution in [-0.4, -0.2) is 36.0 Å². The number of aliphatic carboxylic acids is 1. The van der Waals surface area contributed by atoms with Crippen LogP contribution in [0.3, 0.4) is 0 Å². The molecule has 1 fully saturated rings. The number of ether oxygens (including phenoxy) is 3. The molecule has 0 spiro atoms. The normalized spacial score (nSPS) is 30.5. The van der Waals surface area contributed by atoms with E-state index in [9.17, 15) is 14.7 Å². The lowest BCUT2D eigenvalue weighted by Crippen LogP contribution is -2.39. The molecule has 3 aliphatic heterocycles. The highest BCUT2D eigenvalue weighted by molar-refractivity contribution is 5.97. The maximum atomic E-state index is 12.5. The molecule has 114 valence electrons. The van der Waals surface area contributed by atoms with E-state index in [0.717, 1.165) is 0 Å². The second kappa shape index (κ2) is 4.74. The number of fused-ring (bicyclic) bond motifs is 3. The zero-order valence-electron chi connectivity index (χ0n) is 11.4. The molecular formula is C15H13NO6. The Morgan fingerprint density at radius 2 is 1.82 bits per heavy atom. The quantitative estimate of drug-likeness (QED) is 0.809. The van der Waals surface area contributed by atoms with Crippen LogP contribution >= 0.6 is 0 Å². The van der Waals surface area contributed by atoms with Crippen molar-refractivity contribution < 1.29 is 28.9 Å². The third kappa shape index (κ3) is 1.93. The SMILES string of the molecule is O=C(O)[C@@H]1[C@@H](C(=O)Nc2ccc3c(c2)OCO3)[C@H]2C=C[C@@H]1O2. The molecule has 0 aliphatic carbocycles. The molecule has 1 aromatic rings. The van der Waals surface area contributed by atoms with Gasteiger partial charge in [-0.05, 0) is 12.1 Å².